The van der Waals surface area contributed by atoms with Gasteiger partial charge in [0.15, 0.2) is 5.78 Å². The van der Waals surface area contributed by atoms with Gasteiger partial charge in [0, 0.05) is 17.8 Å². The fourth-order valence-corrected chi connectivity index (χ4v) is 3.76. The molecule has 0 atom stereocenters. The normalized spacial score (nSPS) is 10.7. The molecule has 180 valence electrons. The number of ketones is 2. The number of esters is 1. The summed E-state index contributed by atoms with van der Waals surface area (Å²) in [5, 5.41) is 3.37. The molecule has 0 aliphatic rings. The lowest BCUT2D eigenvalue weighted by atomic mass is 10.0. The molecule has 0 saturated carbocycles. The van der Waals surface area contributed by atoms with E-state index in [1.807, 2.05) is 12.1 Å². The number of unbranched alkanes of at least 4 members (excludes halogenated alkanes) is 13. The van der Waals surface area contributed by atoms with Crippen molar-refractivity contribution in [2.45, 2.75) is 103 Å². The van der Waals surface area contributed by atoms with E-state index >= 15 is 0 Å². The van der Waals surface area contributed by atoms with E-state index < -0.39 is 18.2 Å². The molecule has 1 aromatic rings. The zero-order valence-corrected chi connectivity index (χ0v) is 20.3. The number of methoxy groups -OCH3 is 1. The van der Waals surface area contributed by atoms with Crippen LogP contribution in [0.3, 0.4) is 0 Å². The molecule has 32 heavy (non-hydrogen) atoms. The fraction of sp³-hybridized carbons (Fsp3) is 0.667. The third-order valence-electron chi connectivity index (χ3n) is 5.80. The maximum absolute atomic E-state index is 12.0. The molecule has 0 aliphatic carbocycles. The highest BCUT2D eigenvalue weighted by atomic mass is 16.5. The number of benzene rings is 1. The lowest BCUT2D eigenvalue weighted by Crippen LogP contribution is -2.19. The Morgan fingerprint density at radius 3 is 1.66 bits per heavy atom. The molecular weight excluding hydrogens is 402 g/mol. The first kappa shape index (κ1) is 27.9. The lowest BCUT2D eigenvalue weighted by molar-refractivity contribution is -0.151. The SMILES string of the molecule is CCCCCCCCCCCCCCCCNc1ccc(C(=O)CC(=O)C(=O)OC)cc1. The minimum atomic E-state index is -0.982. The van der Waals surface area contributed by atoms with Crippen molar-refractivity contribution in [2.75, 3.05) is 19.0 Å². The smallest absolute Gasteiger partial charge is 0.374 e. The summed E-state index contributed by atoms with van der Waals surface area (Å²) < 4.78 is 4.34. The van der Waals surface area contributed by atoms with Gasteiger partial charge in [0.05, 0.1) is 13.5 Å². The van der Waals surface area contributed by atoms with Crippen LogP contribution in [-0.2, 0) is 14.3 Å². The maximum atomic E-state index is 12.0. The average molecular weight is 446 g/mol. The quantitative estimate of drug-likeness (QED) is 0.0777. The second-order valence-corrected chi connectivity index (χ2v) is 8.62. The van der Waals surface area contributed by atoms with Crippen molar-refractivity contribution in [1.82, 2.24) is 0 Å². The van der Waals surface area contributed by atoms with Crippen LogP contribution in [0.1, 0.15) is 114 Å². The molecule has 0 radical (unpaired) electrons. The minimum Gasteiger partial charge on any atom is -0.463 e. The first-order chi connectivity index (χ1) is 15.6. The Morgan fingerprint density at radius 1 is 0.719 bits per heavy atom. The summed E-state index contributed by atoms with van der Waals surface area (Å²) in [7, 11) is 1.13. The van der Waals surface area contributed by atoms with E-state index in [2.05, 4.69) is 17.0 Å². The Balaban J connectivity index is 2.00. The van der Waals surface area contributed by atoms with Crippen LogP contribution in [0.2, 0.25) is 0 Å². The fourth-order valence-electron chi connectivity index (χ4n) is 3.76. The molecule has 0 aliphatic heterocycles. The highest BCUT2D eigenvalue weighted by molar-refractivity contribution is 6.38. The molecule has 0 spiro atoms. The van der Waals surface area contributed by atoms with Gasteiger partial charge >= 0.3 is 5.97 Å². The molecule has 0 unspecified atom stereocenters. The second kappa shape index (κ2) is 18.4. The number of nitrogens with one attached hydrogen (secondary N) is 1. The standard InChI is InChI=1S/C27H43NO4/c1-3-4-5-6-7-8-9-10-11-12-13-14-15-16-21-28-24-19-17-23(18-20-24)25(29)22-26(30)27(31)32-2/h17-20,28H,3-16,21-22H2,1-2H3. The molecule has 1 rings (SSSR count). The molecule has 0 fully saturated rings. The number of anilines is 1. The third kappa shape index (κ3) is 13.3. The van der Waals surface area contributed by atoms with Gasteiger partial charge in [0.25, 0.3) is 0 Å². The van der Waals surface area contributed by atoms with Gasteiger partial charge in [-0.3, -0.25) is 9.59 Å². The van der Waals surface area contributed by atoms with Crippen LogP contribution in [0.5, 0.6) is 0 Å². The Morgan fingerprint density at radius 2 is 1.19 bits per heavy atom. The van der Waals surface area contributed by atoms with E-state index in [0.717, 1.165) is 25.8 Å². The molecule has 1 N–H and O–H groups in total. The van der Waals surface area contributed by atoms with E-state index in [-0.39, 0.29) is 5.78 Å². The van der Waals surface area contributed by atoms with E-state index in [1.165, 1.54) is 83.5 Å². The number of hydrogen-bond donors (Lipinski definition) is 1. The van der Waals surface area contributed by atoms with Crippen molar-refractivity contribution in [3.05, 3.63) is 29.8 Å². The zero-order valence-electron chi connectivity index (χ0n) is 20.3. The maximum Gasteiger partial charge on any atom is 0.374 e. The molecule has 0 bridgehead atoms. The van der Waals surface area contributed by atoms with Gasteiger partial charge in [0.1, 0.15) is 0 Å². The van der Waals surface area contributed by atoms with Crippen molar-refractivity contribution >= 4 is 23.2 Å². The van der Waals surface area contributed by atoms with Crippen LogP contribution in [0.15, 0.2) is 24.3 Å². The molecule has 5 heteroatoms. The first-order valence-electron chi connectivity index (χ1n) is 12.6. The van der Waals surface area contributed by atoms with E-state index in [0.29, 0.717) is 5.56 Å². The predicted octanol–water partition coefficient (Wildman–Crippen LogP) is 6.89. The summed E-state index contributed by atoms with van der Waals surface area (Å²) in [5.74, 6) is -2.18. The predicted molar refractivity (Wildman–Crippen MR) is 131 cm³/mol. The summed E-state index contributed by atoms with van der Waals surface area (Å²) >= 11 is 0. The number of hydrogen-bond acceptors (Lipinski definition) is 5. The number of carbonyl (C=O) groups excluding carboxylic acids is 3. The summed E-state index contributed by atoms with van der Waals surface area (Å²) in [6.45, 7) is 3.18. The van der Waals surface area contributed by atoms with E-state index in [9.17, 15) is 14.4 Å². The average Bonchev–Trinajstić information content (AvgIpc) is 2.81. The van der Waals surface area contributed by atoms with E-state index in [4.69, 9.17) is 0 Å². The van der Waals surface area contributed by atoms with Gasteiger partial charge in [-0.15, -0.1) is 0 Å². The Bertz CT molecular complexity index is 654. The first-order valence-corrected chi connectivity index (χ1v) is 12.6. The van der Waals surface area contributed by atoms with Crippen molar-refractivity contribution in [3.8, 4) is 0 Å². The van der Waals surface area contributed by atoms with Crippen LogP contribution >= 0.6 is 0 Å². The number of rotatable bonds is 20. The van der Waals surface area contributed by atoms with Gasteiger partial charge in [-0.05, 0) is 30.7 Å². The van der Waals surface area contributed by atoms with Gasteiger partial charge in [-0.25, -0.2) is 4.79 Å². The number of carbonyl (C=O) groups is 3. The molecule has 0 amide bonds. The monoisotopic (exact) mass is 445 g/mol. The summed E-state index contributed by atoms with van der Waals surface area (Å²) in [4.78, 5) is 34.6. The second-order valence-electron chi connectivity index (χ2n) is 8.62. The molecule has 5 nitrogen and oxygen atoms in total. The van der Waals surface area contributed by atoms with Crippen LogP contribution in [0.25, 0.3) is 0 Å². The Labute approximate surface area is 194 Å². The third-order valence-corrected chi connectivity index (χ3v) is 5.80. The molecule has 0 saturated heterocycles. The van der Waals surface area contributed by atoms with Crippen molar-refractivity contribution in [3.63, 3.8) is 0 Å². The van der Waals surface area contributed by atoms with Crippen LogP contribution < -0.4 is 5.32 Å². The van der Waals surface area contributed by atoms with Crippen LogP contribution in [0, 0.1) is 0 Å². The van der Waals surface area contributed by atoms with Crippen molar-refractivity contribution in [2.24, 2.45) is 0 Å². The van der Waals surface area contributed by atoms with Gasteiger partial charge in [-0.1, -0.05) is 90.4 Å². The van der Waals surface area contributed by atoms with Gasteiger partial charge in [-0.2, -0.15) is 0 Å². The summed E-state index contributed by atoms with van der Waals surface area (Å²) in [5.41, 5.74) is 1.37. The van der Waals surface area contributed by atoms with Crippen molar-refractivity contribution < 1.29 is 19.1 Å². The Kier molecular flexibility index (Phi) is 16.0. The summed E-state index contributed by atoms with van der Waals surface area (Å²) in [6.07, 6.45) is 18.4. The molecule has 0 aromatic heterocycles. The number of Topliss-reactive ketones (excluding diaryl/α,β-unsaturated/α-hetero) is 2. The van der Waals surface area contributed by atoms with Gasteiger partial charge in [0.2, 0.25) is 5.78 Å². The molecular formula is C27H43NO4. The van der Waals surface area contributed by atoms with Gasteiger partial charge < -0.3 is 10.1 Å². The van der Waals surface area contributed by atoms with Crippen molar-refractivity contribution in [1.29, 1.82) is 0 Å². The minimum absolute atomic E-state index is 0.376. The zero-order chi connectivity index (χ0) is 23.4. The number of ether oxygens (including phenoxy) is 1. The highest BCUT2D eigenvalue weighted by Gasteiger charge is 2.19. The van der Waals surface area contributed by atoms with Crippen LogP contribution in [-0.4, -0.2) is 31.2 Å². The Hall–Kier alpha value is -2.17. The summed E-state index contributed by atoms with van der Waals surface area (Å²) in [6, 6.07) is 7.03. The molecule has 1 aromatic carbocycles. The van der Waals surface area contributed by atoms with E-state index in [1.54, 1.807) is 12.1 Å². The topological polar surface area (TPSA) is 72.5 Å². The molecule has 0 heterocycles. The highest BCUT2D eigenvalue weighted by Crippen LogP contribution is 2.14. The lowest BCUT2D eigenvalue weighted by Gasteiger charge is -2.07. The largest absolute Gasteiger partial charge is 0.463 e. The van der Waals surface area contributed by atoms with Crippen LogP contribution in [0.4, 0.5) is 5.69 Å².